The van der Waals surface area contributed by atoms with Crippen molar-refractivity contribution in [3.05, 3.63) is 71.2 Å². The van der Waals surface area contributed by atoms with Gasteiger partial charge in [-0.05, 0) is 42.3 Å². The second-order valence-electron chi connectivity index (χ2n) is 4.92. The molecule has 0 radical (unpaired) electrons. The third-order valence-electron chi connectivity index (χ3n) is 3.60. The Kier molecular flexibility index (Phi) is 3.11. The molecule has 0 fully saturated rings. The van der Waals surface area contributed by atoms with Crippen LogP contribution in [0.1, 0.15) is 21.5 Å². The van der Waals surface area contributed by atoms with Crippen molar-refractivity contribution in [1.29, 1.82) is 0 Å². The number of benzene rings is 2. The van der Waals surface area contributed by atoms with Crippen LogP contribution in [-0.2, 0) is 6.54 Å². The molecule has 0 spiro atoms. The highest BCUT2D eigenvalue weighted by Gasteiger charge is 2.08. The standard InChI is InChI=1S/C17H14FNO/c1-12-5-6-16(18)9-15(12)10-19-8-7-13-3-2-4-14(11-20)17(13)19/h2-9,11H,10H2,1H3. The molecule has 20 heavy (non-hydrogen) atoms. The molecule has 1 heterocycles. The van der Waals surface area contributed by atoms with Gasteiger partial charge in [0.1, 0.15) is 5.82 Å². The molecule has 0 aliphatic carbocycles. The molecule has 1 aromatic heterocycles. The number of aryl methyl sites for hydroxylation is 1. The first-order valence-electron chi connectivity index (χ1n) is 6.47. The summed E-state index contributed by atoms with van der Waals surface area (Å²) in [6.45, 7) is 2.51. The van der Waals surface area contributed by atoms with Gasteiger partial charge in [0.15, 0.2) is 6.29 Å². The van der Waals surface area contributed by atoms with Crippen LogP contribution < -0.4 is 0 Å². The maximum Gasteiger partial charge on any atom is 0.152 e. The first-order chi connectivity index (χ1) is 9.69. The molecule has 0 atom stereocenters. The van der Waals surface area contributed by atoms with E-state index in [0.29, 0.717) is 12.1 Å². The minimum Gasteiger partial charge on any atom is -0.342 e. The van der Waals surface area contributed by atoms with Crippen LogP contribution in [0.4, 0.5) is 4.39 Å². The molecule has 0 bridgehead atoms. The summed E-state index contributed by atoms with van der Waals surface area (Å²) in [7, 11) is 0. The van der Waals surface area contributed by atoms with Gasteiger partial charge in [-0.1, -0.05) is 18.2 Å². The third kappa shape index (κ3) is 2.11. The highest BCUT2D eigenvalue weighted by molar-refractivity contribution is 5.96. The van der Waals surface area contributed by atoms with Crippen LogP contribution in [0.5, 0.6) is 0 Å². The van der Waals surface area contributed by atoms with Crippen molar-refractivity contribution in [3.8, 4) is 0 Å². The Balaban J connectivity index is 2.11. The average molecular weight is 267 g/mol. The van der Waals surface area contributed by atoms with E-state index >= 15 is 0 Å². The predicted octanol–water partition coefficient (Wildman–Crippen LogP) is 3.95. The zero-order chi connectivity index (χ0) is 14.1. The van der Waals surface area contributed by atoms with E-state index in [1.54, 1.807) is 18.2 Å². The van der Waals surface area contributed by atoms with E-state index in [1.165, 1.54) is 6.07 Å². The summed E-state index contributed by atoms with van der Waals surface area (Å²) in [4.78, 5) is 11.2. The second kappa shape index (κ2) is 4.93. The number of aldehydes is 1. The fourth-order valence-corrected chi connectivity index (χ4v) is 2.51. The van der Waals surface area contributed by atoms with Crippen molar-refractivity contribution in [3.63, 3.8) is 0 Å². The smallest absolute Gasteiger partial charge is 0.152 e. The van der Waals surface area contributed by atoms with Crippen molar-refractivity contribution in [1.82, 2.24) is 4.57 Å². The molecular weight excluding hydrogens is 253 g/mol. The van der Waals surface area contributed by atoms with E-state index < -0.39 is 0 Å². The van der Waals surface area contributed by atoms with E-state index in [0.717, 1.165) is 28.3 Å². The number of nitrogens with zero attached hydrogens (tertiary/aromatic N) is 1. The fourth-order valence-electron chi connectivity index (χ4n) is 2.51. The van der Waals surface area contributed by atoms with Gasteiger partial charge in [-0.2, -0.15) is 0 Å². The van der Waals surface area contributed by atoms with Gasteiger partial charge >= 0.3 is 0 Å². The highest BCUT2D eigenvalue weighted by Crippen LogP contribution is 2.21. The average Bonchev–Trinajstić information content (AvgIpc) is 2.86. The molecule has 0 aliphatic rings. The Labute approximate surface area is 116 Å². The molecule has 3 heteroatoms. The summed E-state index contributed by atoms with van der Waals surface area (Å²) in [5.74, 6) is -0.238. The Hall–Kier alpha value is -2.42. The topological polar surface area (TPSA) is 22.0 Å². The lowest BCUT2D eigenvalue weighted by Gasteiger charge is -2.10. The summed E-state index contributed by atoms with van der Waals surface area (Å²) in [5.41, 5.74) is 3.51. The second-order valence-corrected chi connectivity index (χ2v) is 4.92. The number of carbonyl (C=O) groups is 1. The first-order valence-corrected chi connectivity index (χ1v) is 6.47. The molecule has 0 N–H and O–H groups in total. The molecule has 3 rings (SSSR count). The minimum atomic E-state index is -0.238. The Morgan fingerprint density at radius 3 is 2.85 bits per heavy atom. The molecule has 2 nitrogen and oxygen atoms in total. The summed E-state index contributed by atoms with van der Waals surface area (Å²) in [6, 6.07) is 12.4. The first kappa shape index (κ1) is 12.6. The van der Waals surface area contributed by atoms with E-state index in [4.69, 9.17) is 0 Å². The molecule has 2 aromatic carbocycles. The van der Waals surface area contributed by atoms with Crippen LogP contribution in [-0.4, -0.2) is 10.9 Å². The van der Waals surface area contributed by atoms with Gasteiger partial charge in [0.05, 0.1) is 5.52 Å². The molecule has 0 amide bonds. The van der Waals surface area contributed by atoms with Crippen molar-refractivity contribution >= 4 is 17.2 Å². The van der Waals surface area contributed by atoms with Crippen molar-refractivity contribution in [2.45, 2.75) is 13.5 Å². The fraction of sp³-hybridized carbons (Fsp3) is 0.118. The number of para-hydroxylation sites is 1. The lowest BCUT2D eigenvalue weighted by Crippen LogP contribution is -2.02. The SMILES string of the molecule is Cc1ccc(F)cc1Cn1ccc2cccc(C=O)c21. The van der Waals surface area contributed by atoms with Crippen LogP contribution in [0.3, 0.4) is 0 Å². The van der Waals surface area contributed by atoms with E-state index in [2.05, 4.69) is 0 Å². The van der Waals surface area contributed by atoms with Gasteiger partial charge in [0, 0.05) is 23.7 Å². The number of hydrogen-bond acceptors (Lipinski definition) is 1. The van der Waals surface area contributed by atoms with Gasteiger partial charge in [0.2, 0.25) is 0 Å². The van der Waals surface area contributed by atoms with Crippen LogP contribution in [0.15, 0.2) is 48.7 Å². The van der Waals surface area contributed by atoms with Crippen molar-refractivity contribution in [2.24, 2.45) is 0 Å². The molecule has 0 aliphatic heterocycles. The number of rotatable bonds is 3. The molecule has 0 saturated heterocycles. The van der Waals surface area contributed by atoms with Crippen LogP contribution in [0.2, 0.25) is 0 Å². The zero-order valence-corrected chi connectivity index (χ0v) is 11.1. The summed E-state index contributed by atoms with van der Waals surface area (Å²) < 4.78 is 15.4. The number of aromatic nitrogens is 1. The Morgan fingerprint density at radius 1 is 1.20 bits per heavy atom. The highest BCUT2D eigenvalue weighted by atomic mass is 19.1. The number of halogens is 1. The predicted molar refractivity (Wildman–Crippen MR) is 77.6 cm³/mol. The maximum atomic E-state index is 13.4. The van der Waals surface area contributed by atoms with Crippen molar-refractivity contribution < 1.29 is 9.18 Å². The minimum absolute atomic E-state index is 0.238. The lowest BCUT2D eigenvalue weighted by molar-refractivity contribution is 0.112. The zero-order valence-electron chi connectivity index (χ0n) is 11.1. The van der Waals surface area contributed by atoms with Gasteiger partial charge in [-0.3, -0.25) is 4.79 Å². The number of hydrogen-bond donors (Lipinski definition) is 0. The molecule has 100 valence electrons. The summed E-state index contributed by atoms with van der Waals surface area (Å²) in [6.07, 6.45) is 2.79. The molecule has 3 aromatic rings. The van der Waals surface area contributed by atoms with Crippen molar-refractivity contribution in [2.75, 3.05) is 0 Å². The Bertz CT molecular complexity index is 789. The number of carbonyl (C=O) groups excluding carboxylic acids is 1. The van der Waals surface area contributed by atoms with Gasteiger partial charge in [0.25, 0.3) is 0 Å². The lowest BCUT2D eigenvalue weighted by atomic mass is 10.1. The largest absolute Gasteiger partial charge is 0.342 e. The summed E-state index contributed by atoms with van der Waals surface area (Å²) in [5, 5.41) is 1.02. The normalized spacial score (nSPS) is 10.9. The monoisotopic (exact) mass is 267 g/mol. The maximum absolute atomic E-state index is 13.4. The quantitative estimate of drug-likeness (QED) is 0.659. The van der Waals surface area contributed by atoms with Crippen LogP contribution >= 0.6 is 0 Å². The van der Waals surface area contributed by atoms with Gasteiger partial charge < -0.3 is 4.57 Å². The Morgan fingerprint density at radius 2 is 2.05 bits per heavy atom. The molecular formula is C17H14FNO. The van der Waals surface area contributed by atoms with Gasteiger partial charge in [-0.15, -0.1) is 0 Å². The van der Waals surface area contributed by atoms with E-state index in [-0.39, 0.29) is 5.82 Å². The number of fused-ring (bicyclic) bond motifs is 1. The van der Waals surface area contributed by atoms with Gasteiger partial charge in [-0.25, -0.2) is 4.39 Å². The summed E-state index contributed by atoms with van der Waals surface area (Å²) >= 11 is 0. The molecule has 0 saturated carbocycles. The van der Waals surface area contributed by atoms with Crippen LogP contribution in [0.25, 0.3) is 10.9 Å². The molecule has 0 unspecified atom stereocenters. The van der Waals surface area contributed by atoms with E-state index in [1.807, 2.05) is 35.9 Å². The van der Waals surface area contributed by atoms with Crippen LogP contribution in [0, 0.1) is 12.7 Å². The van der Waals surface area contributed by atoms with E-state index in [9.17, 15) is 9.18 Å². The third-order valence-corrected chi connectivity index (χ3v) is 3.60.